The van der Waals surface area contributed by atoms with Crippen LogP contribution in [0.15, 0.2) is 103 Å². The van der Waals surface area contributed by atoms with Crippen LogP contribution in [0.2, 0.25) is 0 Å². The van der Waals surface area contributed by atoms with E-state index in [1.54, 1.807) is 0 Å². The van der Waals surface area contributed by atoms with Crippen LogP contribution in [0.1, 0.15) is 256 Å². The topological polar surface area (TPSA) is 45.2 Å². The van der Waals surface area contributed by atoms with Crippen LogP contribution in [0.25, 0.3) is 0 Å². The number of rotatable bonds is 42. The summed E-state index contributed by atoms with van der Waals surface area (Å²) in [7, 11) is 0. The maximum atomic E-state index is 5.64. The van der Waals surface area contributed by atoms with Crippen molar-refractivity contribution in [1.82, 2.24) is 15.0 Å². The number of unbranched alkanes of at least 4 members (excludes halogenated alkanes) is 28. The number of pyridine rings is 3. The molecule has 0 atom stereocenters. The average molecular weight is 977 g/mol. The van der Waals surface area contributed by atoms with Crippen LogP contribution in [-0.4, -0.2) is 15.0 Å². The molecule has 394 valence electrons. The second-order valence-corrected chi connectivity index (χ2v) is 21.2. The monoisotopic (exact) mass is 976 g/mol. The zero-order valence-corrected chi connectivity index (χ0v) is 46.5. The first-order chi connectivity index (χ1) is 35.6. The first kappa shape index (κ1) is 58.4. The molecule has 3 heterocycles. The van der Waals surface area contributed by atoms with E-state index < -0.39 is 0 Å². The highest BCUT2D eigenvalue weighted by Crippen LogP contribution is 2.38. The van der Waals surface area contributed by atoms with Crippen molar-refractivity contribution in [2.24, 2.45) is 0 Å². The van der Waals surface area contributed by atoms with E-state index in [-0.39, 0.29) is 0 Å². The van der Waals surface area contributed by atoms with Crippen molar-refractivity contribution in [3.8, 4) is 0 Å². The average Bonchev–Trinajstić information content (AvgIpc) is 3.40. The van der Waals surface area contributed by atoms with Crippen molar-refractivity contribution in [2.75, 3.05) is 9.80 Å². The molecule has 5 heteroatoms. The summed E-state index contributed by atoms with van der Waals surface area (Å²) in [5.41, 5.74) is 7.28. The van der Waals surface area contributed by atoms with Gasteiger partial charge in [-0.25, -0.2) is 15.0 Å². The van der Waals surface area contributed by atoms with Crippen LogP contribution in [0.4, 0.5) is 34.6 Å². The van der Waals surface area contributed by atoms with E-state index >= 15 is 0 Å². The van der Waals surface area contributed by atoms with E-state index in [4.69, 9.17) is 15.0 Å². The highest BCUT2D eigenvalue weighted by molar-refractivity contribution is 5.77. The molecule has 0 spiro atoms. The van der Waals surface area contributed by atoms with Crippen molar-refractivity contribution < 1.29 is 0 Å². The Kier molecular flexibility index (Phi) is 30.2. The third-order valence-corrected chi connectivity index (χ3v) is 14.8. The normalized spacial score (nSPS) is 11.4. The van der Waals surface area contributed by atoms with Gasteiger partial charge >= 0.3 is 0 Å². The van der Waals surface area contributed by atoms with Crippen molar-refractivity contribution >= 4 is 34.6 Å². The summed E-state index contributed by atoms with van der Waals surface area (Å²) in [4.78, 5) is 21.1. The highest BCUT2D eigenvalue weighted by Gasteiger charge is 2.21. The van der Waals surface area contributed by atoms with Gasteiger partial charge in [-0.15, -0.1) is 0 Å². The fourth-order valence-electron chi connectivity index (χ4n) is 10.4. The Bertz CT molecular complexity index is 1850. The van der Waals surface area contributed by atoms with Gasteiger partial charge in [0, 0.05) is 22.8 Å². The zero-order valence-electron chi connectivity index (χ0n) is 46.5. The molecule has 0 radical (unpaired) electrons. The minimum atomic E-state index is 0.864. The molecule has 0 fully saturated rings. The third-order valence-electron chi connectivity index (χ3n) is 14.8. The van der Waals surface area contributed by atoms with E-state index in [0.29, 0.717) is 0 Å². The molecule has 3 aromatic heterocycles. The summed E-state index contributed by atoms with van der Waals surface area (Å²) in [6, 6.07) is 38.1. The Balaban J connectivity index is 1.44. The molecule has 0 bridgehead atoms. The maximum absolute atomic E-state index is 5.64. The molecular weight excluding hydrogens is 875 g/mol. The molecule has 0 aliphatic carbocycles. The maximum Gasteiger partial charge on any atom is 0.141 e. The van der Waals surface area contributed by atoms with Gasteiger partial charge in [0.15, 0.2) is 0 Å². The molecule has 0 saturated carbocycles. The standard InChI is InChI=1S/C67H101N5/c1-5-9-13-17-21-25-29-33-42-58-44-37-50-62(56-58)71(64-52-39-48-60(68-64)46-35-31-27-23-19-15-11-7-3)66-54-41-55-67(70-66)72(63-51-38-45-59(57-63)43-34-30-26-22-18-14-10-6-2)65-53-40-49-61(69-65)47-36-32-28-24-20-16-12-8-4/h37-41,44-45,48-57H,5-36,42-43,46-47H2,1-4H3. The van der Waals surface area contributed by atoms with E-state index in [1.165, 1.54) is 217 Å². The fourth-order valence-corrected chi connectivity index (χ4v) is 10.4. The van der Waals surface area contributed by atoms with Gasteiger partial charge in [0.2, 0.25) is 0 Å². The Morgan fingerprint density at radius 3 is 0.861 bits per heavy atom. The molecule has 0 unspecified atom stereocenters. The number of aryl methyl sites for hydroxylation is 4. The lowest BCUT2D eigenvalue weighted by Crippen LogP contribution is -2.18. The molecule has 0 saturated heterocycles. The molecule has 0 N–H and O–H groups in total. The molecule has 5 rings (SSSR count). The SMILES string of the molecule is CCCCCCCCCCc1cccc(N(c2cccc(CCCCCCCCCC)n2)c2cccc(N(c3cccc(CCCCCCCCCC)c3)c3cccc(CCCCCCCCCC)n3)n2)c1. The smallest absolute Gasteiger partial charge is 0.141 e. The fraction of sp³-hybridized carbons (Fsp3) is 0.597. The first-order valence-electron chi connectivity index (χ1n) is 30.3. The molecule has 2 aromatic carbocycles. The second kappa shape index (κ2) is 37.3. The van der Waals surface area contributed by atoms with Gasteiger partial charge < -0.3 is 0 Å². The van der Waals surface area contributed by atoms with E-state index in [1.807, 2.05) is 0 Å². The van der Waals surface area contributed by atoms with Gasteiger partial charge in [0.1, 0.15) is 23.3 Å². The molecule has 72 heavy (non-hydrogen) atoms. The van der Waals surface area contributed by atoms with Gasteiger partial charge in [0.05, 0.1) is 0 Å². The van der Waals surface area contributed by atoms with Gasteiger partial charge in [-0.1, -0.05) is 250 Å². The first-order valence-corrected chi connectivity index (χ1v) is 30.3. The highest BCUT2D eigenvalue weighted by atomic mass is 15.3. The van der Waals surface area contributed by atoms with Crippen LogP contribution in [0, 0.1) is 0 Å². The molecular formula is C67H101N5. The molecule has 0 aliphatic heterocycles. The van der Waals surface area contributed by atoms with Crippen LogP contribution in [0.5, 0.6) is 0 Å². The number of benzene rings is 2. The molecule has 5 aromatic rings. The van der Waals surface area contributed by atoms with Gasteiger partial charge in [-0.2, -0.15) is 0 Å². The van der Waals surface area contributed by atoms with Crippen molar-refractivity contribution in [2.45, 2.75) is 259 Å². The summed E-state index contributed by atoms with van der Waals surface area (Å²) in [6.45, 7) is 9.20. The van der Waals surface area contributed by atoms with Gasteiger partial charge in [-0.05, 0) is 123 Å². The van der Waals surface area contributed by atoms with E-state index in [0.717, 1.165) is 71.7 Å². The predicted molar refractivity (Wildman–Crippen MR) is 314 cm³/mol. The van der Waals surface area contributed by atoms with Crippen LogP contribution < -0.4 is 9.80 Å². The Hall–Kier alpha value is -4.51. The third kappa shape index (κ3) is 22.7. The van der Waals surface area contributed by atoms with Crippen molar-refractivity contribution in [3.63, 3.8) is 0 Å². The Morgan fingerprint density at radius 1 is 0.264 bits per heavy atom. The van der Waals surface area contributed by atoms with Crippen molar-refractivity contribution in [1.29, 1.82) is 0 Å². The Labute approximate surface area is 441 Å². The van der Waals surface area contributed by atoms with E-state index in [9.17, 15) is 0 Å². The van der Waals surface area contributed by atoms with Crippen LogP contribution >= 0.6 is 0 Å². The van der Waals surface area contributed by atoms with Crippen LogP contribution in [0.3, 0.4) is 0 Å². The summed E-state index contributed by atoms with van der Waals surface area (Å²) in [5, 5.41) is 0. The predicted octanol–water partition coefficient (Wildman–Crippen LogP) is 21.5. The number of hydrogen-bond donors (Lipinski definition) is 0. The van der Waals surface area contributed by atoms with Gasteiger partial charge in [0.25, 0.3) is 0 Å². The van der Waals surface area contributed by atoms with Gasteiger partial charge in [-0.3, -0.25) is 9.80 Å². The van der Waals surface area contributed by atoms with E-state index in [2.05, 4.69) is 141 Å². The second-order valence-electron chi connectivity index (χ2n) is 21.2. The minimum Gasteiger partial charge on any atom is -0.279 e. The number of nitrogens with zero attached hydrogens (tertiary/aromatic N) is 5. The molecule has 0 aliphatic rings. The molecule has 5 nitrogen and oxygen atoms in total. The summed E-state index contributed by atoms with van der Waals surface area (Å²) >= 11 is 0. The van der Waals surface area contributed by atoms with Crippen LogP contribution in [-0.2, 0) is 25.7 Å². The quantitative estimate of drug-likeness (QED) is 0.0365. The van der Waals surface area contributed by atoms with Crippen molar-refractivity contribution in [3.05, 3.63) is 126 Å². The number of aromatic nitrogens is 3. The Morgan fingerprint density at radius 2 is 0.528 bits per heavy atom. The molecule has 0 amide bonds. The summed E-state index contributed by atoms with van der Waals surface area (Å²) in [6.07, 6.45) is 46.4. The largest absolute Gasteiger partial charge is 0.279 e. The number of anilines is 6. The lowest BCUT2D eigenvalue weighted by molar-refractivity contribution is 0.574. The minimum absolute atomic E-state index is 0.864. The lowest BCUT2D eigenvalue weighted by atomic mass is 10.0. The summed E-state index contributed by atoms with van der Waals surface area (Å²) < 4.78 is 0. The summed E-state index contributed by atoms with van der Waals surface area (Å²) in [5.74, 6) is 3.57. The lowest BCUT2D eigenvalue weighted by Gasteiger charge is -2.28. The number of hydrogen-bond acceptors (Lipinski definition) is 5. The zero-order chi connectivity index (χ0) is 50.5.